The molecule has 2 aromatic heterocycles. The van der Waals surface area contributed by atoms with Crippen molar-refractivity contribution in [1.82, 2.24) is 4.98 Å². The van der Waals surface area contributed by atoms with Crippen molar-refractivity contribution < 1.29 is 5.11 Å². The second-order valence-electron chi connectivity index (χ2n) is 5.72. The van der Waals surface area contributed by atoms with E-state index >= 15 is 0 Å². The lowest BCUT2D eigenvalue weighted by Gasteiger charge is -2.29. The van der Waals surface area contributed by atoms with Gasteiger partial charge in [0.1, 0.15) is 0 Å². The van der Waals surface area contributed by atoms with Crippen LogP contribution in [0.2, 0.25) is 0 Å². The maximum absolute atomic E-state index is 10.6. The molecule has 3 nitrogen and oxygen atoms in total. The number of halogens is 1. The Morgan fingerprint density at radius 2 is 2.00 bits per heavy atom. The number of nitrogen functional groups attached to an aromatic ring is 1. The SMILES string of the molecule is Nc1c2c(nc3ccsc13)CC(c1ccc(Br)cc1)CC2O. The summed E-state index contributed by atoms with van der Waals surface area (Å²) in [6.45, 7) is 0. The number of fused-ring (bicyclic) bond motifs is 2. The summed E-state index contributed by atoms with van der Waals surface area (Å²) < 4.78 is 2.05. The van der Waals surface area contributed by atoms with Gasteiger partial charge in [-0.05, 0) is 47.9 Å². The molecule has 0 saturated heterocycles. The minimum absolute atomic E-state index is 0.276. The first kappa shape index (κ1) is 14.2. The van der Waals surface area contributed by atoms with Gasteiger partial charge >= 0.3 is 0 Å². The quantitative estimate of drug-likeness (QED) is 0.663. The Bertz CT molecular complexity index is 844. The number of pyridine rings is 1. The number of nitrogens with two attached hydrogens (primary N) is 1. The molecule has 1 aliphatic rings. The molecule has 3 aromatic rings. The molecule has 0 bridgehead atoms. The van der Waals surface area contributed by atoms with Gasteiger partial charge in [0.15, 0.2) is 0 Å². The summed E-state index contributed by atoms with van der Waals surface area (Å²) in [6, 6.07) is 10.3. The number of benzene rings is 1. The Morgan fingerprint density at radius 3 is 2.77 bits per heavy atom. The molecule has 0 fully saturated rings. The molecular weight excluding hydrogens is 360 g/mol. The molecule has 2 atom stereocenters. The van der Waals surface area contributed by atoms with Gasteiger partial charge in [0.25, 0.3) is 0 Å². The van der Waals surface area contributed by atoms with Crippen LogP contribution >= 0.6 is 27.3 Å². The Balaban J connectivity index is 1.79. The molecule has 0 aliphatic heterocycles. The van der Waals surface area contributed by atoms with Gasteiger partial charge in [0.05, 0.1) is 22.0 Å². The molecule has 0 saturated carbocycles. The van der Waals surface area contributed by atoms with Crippen molar-refractivity contribution in [3.63, 3.8) is 0 Å². The Kier molecular flexibility index (Phi) is 3.44. The molecule has 0 amide bonds. The van der Waals surface area contributed by atoms with E-state index < -0.39 is 6.10 Å². The van der Waals surface area contributed by atoms with Crippen molar-refractivity contribution in [1.29, 1.82) is 0 Å². The number of aromatic nitrogens is 1. The van der Waals surface area contributed by atoms with E-state index in [1.165, 1.54) is 5.56 Å². The van der Waals surface area contributed by atoms with E-state index in [4.69, 9.17) is 10.7 Å². The zero-order chi connectivity index (χ0) is 15.3. The number of aliphatic hydroxyl groups excluding tert-OH is 1. The molecule has 22 heavy (non-hydrogen) atoms. The number of thiophene rings is 1. The first-order chi connectivity index (χ1) is 10.6. The Hall–Kier alpha value is -1.43. The van der Waals surface area contributed by atoms with Crippen LogP contribution in [0.3, 0.4) is 0 Å². The summed E-state index contributed by atoms with van der Waals surface area (Å²) in [5.41, 5.74) is 10.9. The topological polar surface area (TPSA) is 59.1 Å². The van der Waals surface area contributed by atoms with Crippen LogP contribution in [-0.4, -0.2) is 10.1 Å². The van der Waals surface area contributed by atoms with E-state index in [9.17, 15) is 5.11 Å². The number of rotatable bonds is 1. The third-order valence-corrected chi connectivity index (χ3v) is 5.83. The van der Waals surface area contributed by atoms with Crippen LogP contribution in [-0.2, 0) is 6.42 Å². The van der Waals surface area contributed by atoms with E-state index in [1.807, 2.05) is 23.6 Å². The molecule has 3 N–H and O–H groups in total. The van der Waals surface area contributed by atoms with Crippen LogP contribution < -0.4 is 5.73 Å². The normalized spacial score (nSPS) is 21.0. The predicted molar refractivity (Wildman–Crippen MR) is 94.2 cm³/mol. The number of hydrogen-bond donors (Lipinski definition) is 2. The van der Waals surface area contributed by atoms with Gasteiger partial charge < -0.3 is 10.8 Å². The number of aliphatic hydroxyl groups is 1. The van der Waals surface area contributed by atoms with Crippen LogP contribution in [0.15, 0.2) is 40.2 Å². The Morgan fingerprint density at radius 1 is 1.23 bits per heavy atom. The smallest absolute Gasteiger partial charge is 0.0834 e. The maximum Gasteiger partial charge on any atom is 0.0834 e. The maximum atomic E-state index is 10.6. The molecule has 2 unspecified atom stereocenters. The van der Waals surface area contributed by atoms with Crippen LogP contribution in [0, 0.1) is 0 Å². The van der Waals surface area contributed by atoms with Crippen molar-refractivity contribution in [2.45, 2.75) is 24.9 Å². The van der Waals surface area contributed by atoms with Gasteiger partial charge in [-0.1, -0.05) is 28.1 Å². The summed E-state index contributed by atoms with van der Waals surface area (Å²) >= 11 is 5.05. The third-order valence-electron chi connectivity index (χ3n) is 4.37. The van der Waals surface area contributed by atoms with Crippen molar-refractivity contribution in [2.24, 2.45) is 0 Å². The van der Waals surface area contributed by atoms with Gasteiger partial charge in [-0.2, -0.15) is 0 Å². The molecule has 1 aliphatic carbocycles. The van der Waals surface area contributed by atoms with E-state index in [1.54, 1.807) is 11.3 Å². The van der Waals surface area contributed by atoms with E-state index in [-0.39, 0.29) is 5.92 Å². The van der Waals surface area contributed by atoms with Gasteiger partial charge in [0.2, 0.25) is 0 Å². The predicted octanol–water partition coefficient (Wildman–Crippen LogP) is 4.40. The van der Waals surface area contributed by atoms with Gasteiger partial charge in [-0.25, -0.2) is 0 Å². The fourth-order valence-electron chi connectivity index (χ4n) is 3.30. The highest BCUT2D eigenvalue weighted by Crippen LogP contribution is 2.43. The summed E-state index contributed by atoms with van der Waals surface area (Å²) in [5, 5.41) is 12.6. The van der Waals surface area contributed by atoms with E-state index in [2.05, 4.69) is 28.1 Å². The summed E-state index contributed by atoms with van der Waals surface area (Å²) in [6.07, 6.45) is 0.970. The lowest BCUT2D eigenvalue weighted by atomic mass is 9.80. The second kappa shape index (κ2) is 5.33. The Labute approximate surface area is 140 Å². The minimum Gasteiger partial charge on any atom is -0.397 e. The zero-order valence-electron chi connectivity index (χ0n) is 11.8. The first-order valence-corrected chi connectivity index (χ1v) is 8.89. The van der Waals surface area contributed by atoms with E-state index in [0.717, 1.165) is 32.4 Å². The van der Waals surface area contributed by atoms with Crippen molar-refractivity contribution in [2.75, 3.05) is 5.73 Å². The second-order valence-corrected chi connectivity index (χ2v) is 7.56. The highest BCUT2D eigenvalue weighted by molar-refractivity contribution is 9.10. The zero-order valence-corrected chi connectivity index (χ0v) is 14.2. The molecule has 0 radical (unpaired) electrons. The number of hydrogen-bond acceptors (Lipinski definition) is 4. The standard InChI is InChI=1S/C17H15BrN2OS/c18-11-3-1-9(2-4-11)10-7-13-15(14(21)8-10)16(19)17-12(20-13)5-6-22-17/h1-6,10,14,21H,7-8H2,(H2,19,20). The van der Waals surface area contributed by atoms with Crippen molar-refractivity contribution in [3.05, 3.63) is 57.0 Å². The first-order valence-electron chi connectivity index (χ1n) is 7.22. The van der Waals surface area contributed by atoms with Crippen molar-refractivity contribution >= 4 is 43.2 Å². The molecule has 4 rings (SSSR count). The van der Waals surface area contributed by atoms with Crippen LogP contribution in [0.25, 0.3) is 10.2 Å². The molecule has 5 heteroatoms. The lowest BCUT2D eigenvalue weighted by Crippen LogP contribution is -2.20. The van der Waals surface area contributed by atoms with Crippen molar-refractivity contribution in [3.8, 4) is 0 Å². The minimum atomic E-state index is -0.545. The summed E-state index contributed by atoms with van der Waals surface area (Å²) in [5.74, 6) is 0.276. The lowest BCUT2D eigenvalue weighted by molar-refractivity contribution is 0.147. The van der Waals surface area contributed by atoms with Gasteiger partial charge in [0, 0.05) is 15.7 Å². The third kappa shape index (κ3) is 2.24. The van der Waals surface area contributed by atoms with Gasteiger partial charge in [-0.15, -0.1) is 11.3 Å². The van der Waals surface area contributed by atoms with Gasteiger partial charge in [-0.3, -0.25) is 4.98 Å². The highest BCUT2D eigenvalue weighted by Gasteiger charge is 2.30. The average molecular weight is 375 g/mol. The largest absolute Gasteiger partial charge is 0.397 e. The molecular formula is C17H15BrN2OS. The molecule has 2 heterocycles. The summed E-state index contributed by atoms with van der Waals surface area (Å²) in [7, 11) is 0. The van der Waals surface area contributed by atoms with E-state index in [0.29, 0.717) is 12.1 Å². The van der Waals surface area contributed by atoms with Crippen LogP contribution in [0.5, 0.6) is 0 Å². The number of nitrogens with zero attached hydrogens (tertiary/aromatic N) is 1. The van der Waals surface area contributed by atoms with Crippen LogP contribution in [0.1, 0.15) is 35.3 Å². The number of anilines is 1. The molecule has 1 aromatic carbocycles. The fraction of sp³-hybridized carbons (Fsp3) is 0.235. The molecule has 0 spiro atoms. The highest BCUT2D eigenvalue weighted by atomic mass is 79.9. The fourth-order valence-corrected chi connectivity index (χ4v) is 4.36. The monoisotopic (exact) mass is 374 g/mol. The summed E-state index contributed by atoms with van der Waals surface area (Å²) in [4.78, 5) is 4.74. The molecule has 112 valence electrons. The van der Waals surface area contributed by atoms with Crippen LogP contribution in [0.4, 0.5) is 5.69 Å². The average Bonchev–Trinajstić information content (AvgIpc) is 2.96.